The number of rotatable bonds is 4. The average molecular weight is 274 g/mol. The van der Waals surface area contributed by atoms with Crippen LogP contribution in [0.3, 0.4) is 0 Å². The quantitative estimate of drug-likeness (QED) is 0.912. The summed E-state index contributed by atoms with van der Waals surface area (Å²) in [6.07, 6.45) is 1.18. The molecule has 1 heterocycles. The zero-order chi connectivity index (χ0) is 12.3. The number of benzene rings is 1. The van der Waals surface area contributed by atoms with Gasteiger partial charge in [-0.3, -0.25) is 0 Å². The predicted molar refractivity (Wildman–Crippen MR) is 73.9 cm³/mol. The van der Waals surface area contributed by atoms with E-state index in [0.29, 0.717) is 22.6 Å². The van der Waals surface area contributed by atoms with Gasteiger partial charge in [-0.1, -0.05) is 11.6 Å². The van der Waals surface area contributed by atoms with Crippen molar-refractivity contribution in [1.29, 1.82) is 0 Å². The van der Waals surface area contributed by atoms with E-state index in [1.54, 1.807) is 20.3 Å². The minimum Gasteiger partial charge on any atom is -0.493 e. The first-order valence-electron chi connectivity index (χ1n) is 5.50. The normalized spacial score (nSPS) is 19.1. The van der Waals surface area contributed by atoms with Crippen LogP contribution >= 0.6 is 23.4 Å². The molecule has 2 rings (SSSR count). The highest BCUT2D eigenvalue weighted by molar-refractivity contribution is 7.99. The van der Waals surface area contributed by atoms with E-state index in [1.165, 1.54) is 12.2 Å². The first-order chi connectivity index (χ1) is 8.24. The van der Waals surface area contributed by atoms with Crippen molar-refractivity contribution >= 4 is 29.1 Å². The standard InChI is InChI=1S/C12H16ClNO2S/c1-15-11-5-9(13)10(6-12(11)16-2)14-8-3-4-17-7-8/h5-6,8,14H,3-4,7H2,1-2H3. The van der Waals surface area contributed by atoms with Crippen molar-refractivity contribution in [3.63, 3.8) is 0 Å². The van der Waals surface area contributed by atoms with Gasteiger partial charge >= 0.3 is 0 Å². The van der Waals surface area contributed by atoms with Crippen molar-refractivity contribution in [3.05, 3.63) is 17.2 Å². The van der Waals surface area contributed by atoms with E-state index in [9.17, 15) is 0 Å². The van der Waals surface area contributed by atoms with E-state index in [4.69, 9.17) is 21.1 Å². The molecule has 0 aromatic heterocycles. The van der Waals surface area contributed by atoms with Gasteiger partial charge in [-0.15, -0.1) is 0 Å². The second-order valence-electron chi connectivity index (χ2n) is 3.89. The molecule has 0 aliphatic carbocycles. The van der Waals surface area contributed by atoms with E-state index >= 15 is 0 Å². The number of halogens is 1. The lowest BCUT2D eigenvalue weighted by molar-refractivity contribution is 0.355. The number of hydrogen-bond acceptors (Lipinski definition) is 4. The van der Waals surface area contributed by atoms with Crippen LogP contribution in [0.2, 0.25) is 5.02 Å². The van der Waals surface area contributed by atoms with Gasteiger partial charge in [0.15, 0.2) is 11.5 Å². The first-order valence-corrected chi connectivity index (χ1v) is 7.03. The summed E-state index contributed by atoms with van der Waals surface area (Å²) in [6.45, 7) is 0. The van der Waals surface area contributed by atoms with Crippen LogP contribution < -0.4 is 14.8 Å². The highest BCUT2D eigenvalue weighted by Crippen LogP contribution is 2.37. The Balaban J connectivity index is 2.20. The Hall–Kier alpha value is -0.740. The zero-order valence-corrected chi connectivity index (χ0v) is 11.5. The third-order valence-electron chi connectivity index (χ3n) is 2.76. The van der Waals surface area contributed by atoms with Crippen LogP contribution in [0.25, 0.3) is 0 Å². The summed E-state index contributed by atoms with van der Waals surface area (Å²) < 4.78 is 10.5. The summed E-state index contributed by atoms with van der Waals surface area (Å²) in [7, 11) is 3.23. The number of anilines is 1. The molecule has 1 fully saturated rings. The molecule has 0 bridgehead atoms. The van der Waals surface area contributed by atoms with Crippen LogP contribution in [0, 0.1) is 0 Å². The van der Waals surface area contributed by atoms with E-state index in [2.05, 4.69) is 5.32 Å². The van der Waals surface area contributed by atoms with E-state index in [0.717, 1.165) is 11.4 Å². The fourth-order valence-corrected chi connectivity index (χ4v) is 3.19. The number of ether oxygens (including phenoxy) is 2. The van der Waals surface area contributed by atoms with Crippen LogP contribution in [-0.4, -0.2) is 31.8 Å². The van der Waals surface area contributed by atoms with Gasteiger partial charge in [0.25, 0.3) is 0 Å². The van der Waals surface area contributed by atoms with E-state index in [1.807, 2.05) is 17.8 Å². The average Bonchev–Trinajstić information content (AvgIpc) is 2.84. The lowest BCUT2D eigenvalue weighted by Gasteiger charge is -2.16. The third kappa shape index (κ3) is 2.93. The van der Waals surface area contributed by atoms with Crippen molar-refractivity contribution in [2.24, 2.45) is 0 Å². The molecule has 1 unspecified atom stereocenters. The lowest BCUT2D eigenvalue weighted by atomic mass is 10.2. The molecule has 1 saturated heterocycles. The monoisotopic (exact) mass is 273 g/mol. The molecule has 94 valence electrons. The summed E-state index contributed by atoms with van der Waals surface area (Å²) in [4.78, 5) is 0. The van der Waals surface area contributed by atoms with Crippen molar-refractivity contribution in [1.82, 2.24) is 0 Å². The van der Waals surface area contributed by atoms with Gasteiger partial charge in [0.2, 0.25) is 0 Å². The van der Waals surface area contributed by atoms with Crippen LogP contribution in [0.15, 0.2) is 12.1 Å². The minimum absolute atomic E-state index is 0.496. The molecule has 1 aromatic carbocycles. The molecule has 0 spiro atoms. The predicted octanol–water partition coefficient (Wildman–Crippen LogP) is 3.27. The van der Waals surface area contributed by atoms with Gasteiger partial charge in [-0.2, -0.15) is 11.8 Å². The zero-order valence-electron chi connectivity index (χ0n) is 9.96. The molecule has 1 N–H and O–H groups in total. The highest BCUT2D eigenvalue weighted by Gasteiger charge is 2.17. The second kappa shape index (κ2) is 5.74. The van der Waals surface area contributed by atoms with Gasteiger partial charge in [-0.05, 0) is 12.2 Å². The lowest BCUT2D eigenvalue weighted by Crippen LogP contribution is -2.18. The molecule has 1 aliphatic heterocycles. The molecule has 0 saturated carbocycles. The molecule has 17 heavy (non-hydrogen) atoms. The molecule has 3 nitrogen and oxygen atoms in total. The number of hydrogen-bond donors (Lipinski definition) is 1. The molecule has 0 radical (unpaired) electrons. The Labute approximate surface area is 111 Å². The molecular formula is C12H16ClNO2S. The Morgan fingerprint density at radius 1 is 1.29 bits per heavy atom. The van der Waals surface area contributed by atoms with E-state index in [-0.39, 0.29) is 0 Å². The summed E-state index contributed by atoms with van der Waals surface area (Å²) in [5.41, 5.74) is 0.914. The Morgan fingerprint density at radius 3 is 2.59 bits per heavy atom. The highest BCUT2D eigenvalue weighted by atomic mass is 35.5. The van der Waals surface area contributed by atoms with Crippen LogP contribution in [-0.2, 0) is 0 Å². The van der Waals surface area contributed by atoms with Crippen LogP contribution in [0.5, 0.6) is 11.5 Å². The van der Waals surface area contributed by atoms with Gasteiger partial charge in [0, 0.05) is 23.9 Å². The maximum absolute atomic E-state index is 6.21. The molecule has 1 aliphatic rings. The molecular weight excluding hydrogens is 258 g/mol. The largest absolute Gasteiger partial charge is 0.493 e. The van der Waals surface area contributed by atoms with Crippen molar-refractivity contribution in [2.75, 3.05) is 31.0 Å². The summed E-state index contributed by atoms with van der Waals surface area (Å²) in [5, 5.41) is 4.11. The molecule has 0 amide bonds. The smallest absolute Gasteiger partial charge is 0.162 e. The van der Waals surface area contributed by atoms with E-state index < -0.39 is 0 Å². The van der Waals surface area contributed by atoms with Crippen molar-refractivity contribution in [2.45, 2.75) is 12.5 Å². The molecule has 1 atom stereocenters. The second-order valence-corrected chi connectivity index (χ2v) is 5.45. The SMILES string of the molecule is COc1cc(Cl)c(NC2CCSC2)cc1OC. The maximum Gasteiger partial charge on any atom is 0.162 e. The molecule has 1 aromatic rings. The van der Waals surface area contributed by atoms with Crippen LogP contribution in [0.4, 0.5) is 5.69 Å². The fourth-order valence-electron chi connectivity index (χ4n) is 1.83. The minimum atomic E-state index is 0.496. The van der Waals surface area contributed by atoms with Crippen molar-refractivity contribution in [3.8, 4) is 11.5 Å². The Bertz CT molecular complexity index is 394. The Kier molecular flexibility index (Phi) is 4.29. The molecule has 5 heteroatoms. The Morgan fingerprint density at radius 2 is 2.00 bits per heavy atom. The van der Waals surface area contributed by atoms with Gasteiger partial charge in [-0.25, -0.2) is 0 Å². The third-order valence-corrected chi connectivity index (χ3v) is 4.24. The maximum atomic E-state index is 6.21. The first kappa shape index (κ1) is 12.7. The van der Waals surface area contributed by atoms with Gasteiger partial charge in [0.1, 0.15) is 0 Å². The number of thioether (sulfide) groups is 1. The number of nitrogens with one attached hydrogen (secondary N) is 1. The van der Waals surface area contributed by atoms with Gasteiger partial charge in [0.05, 0.1) is 24.9 Å². The summed E-state index contributed by atoms with van der Waals surface area (Å²) in [6, 6.07) is 4.17. The topological polar surface area (TPSA) is 30.5 Å². The summed E-state index contributed by atoms with van der Waals surface area (Å²) >= 11 is 8.17. The van der Waals surface area contributed by atoms with Crippen molar-refractivity contribution < 1.29 is 9.47 Å². The van der Waals surface area contributed by atoms with Gasteiger partial charge < -0.3 is 14.8 Å². The summed E-state index contributed by atoms with van der Waals surface area (Å²) in [5.74, 6) is 3.70. The van der Waals surface area contributed by atoms with Crippen LogP contribution in [0.1, 0.15) is 6.42 Å². The fraction of sp³-hybridized carbons (Fsp3) is 0.500. The number of methoxy groups -OCH3 is 2.